The number of amides is 1. The Bertz CT molecular complexity index is 1350. The molecule has 3 heterocycles. The van der Waals surface area contributed by atoms with Crippen molar-refractivity contribution in [3.63, 3.8) is 0 Å². The Labute approximate surface area is 193 Å². The summed E-state index contributed by atoms with van der Waals surface area (Å²) in [7, 11) is 0. The normalized spacial score (nSPS) is 12.1. The van der Waals surface area contributed by atoms with Crippen LogP contribution in [0.25, 0.3) is 21.3 Å². The van der Waals surface area contributed by atoms with Gasteiger partial charge < -0.3 is 4.52 Å². The summed E-state index contributed by atoms with van der Waals surface area (Å²) in [4.78, 5) is 31.4. The molecule has 0 bridgehead atoms. The minimum atomic E-state index is -0.516. The molecular formula is C23H22N4O3S2. The number of carbonyl (C=O) groups excluding carboxylic acids is 1. The molecule has 4 aromatic rings. The molecule has 1 aromatic carbocycles. The van der Waals surface area contributed by atoms with Crippen molar-refractivity contribution in [3.05, 3.63) is 70.0 Å². The van der Waals surface area contributed by atoms with Crippen LogP contribution >= 0.6 is 23.1 Å². The molecule has 4 rings (SSSR count). The number of aromatic nitrogens is 3. The number of aryl methyl sites for hydroxylation is 2. The minimum Gasteiger partial charge on any atom is -0.338 e. The van der Waals surface area contributed by atoms with Gasteiger partial charge in [0.05, 0.1) is 16.3 Å². The molecule has 1 N–H and O–H groups in total. The zero-order chi connectivity index (χ0) is 22.8. The van der Waals surface area contributed by atoms with E-state index in [2.05, 4.69) is 17.1 Å². The van der Waals surface area contributed by atoms with Crippen LogP contribution in [0.1, 0.15) is 18.2 Å². The molecule has 0 radical (unpaired) electrons. The molecule has 1 atom stereocenters. The van der Waals surface area contributed by atoms with Crippen molar-refractivity contribution in [2.75, 3.05) is 5.32 Å². The number of thioether (sulfide) groups is 1. The summed E-state index contributed by atoms with van der Waals surface area (Å²) in [5.41, 5.74) is 3.52. The average Bonchev–Trinajstić information content (AvgIpc) is 3.37. The van der Waals surface area contributed by atoms with Crippen LogP contribution in [0.4, 0.5) is 5.88 Å². The van der Waals surface area contributed by atoms with Gasteiger partial charge in [-0.05, 0) is 26.3 Å². The lowest BCUT2D eigenvalue weighted by Crippen LogP contribution is -2.26. The lowest BCUT2D eigenvalue weighted by Gasteiger charge is -2.14. The molecule has 0 fully saturated rings. The number of fused-ring (bicyclic) bond motifs is 1. The first-order valence-corrected chi connectivity index (χ1v) is 11.7. The SMILES string of the molecule is C=CCn1c(SC(C)C(=O)Nc2cc(C)no2)nc2scc(-c3ccc(C)cc3)c2c1=O. The van der Waals surface area contributed by atoms with Gasteiger partial charge in [0.1, 0.15) is 4.83 Å². The quantitative estimate of drug-likeness (QED) is 0.233. The topological polar surface area (TPSA) is 90.0 Å². The number of hydrogen-bond acceptors (Lipinski definition) is 7. The average molecular weight is 467 g/mol. The highest BCUT2D eigenvalue weighted by atomic mass is 32.2. The van der Waals surface area contributed by atoms with Crippen LogP contribution in [0, 0.1) is 13.8 Å². The third-order valence-electron chi connectivity index (χ3n) is 4.86. The molecule has 0 saturated carbocycles. The molecule has 9 heteroatoms. The summed E-state index contributed by atoms with van der Waals surface area (Å²) in [6.45, 7) is 9.62. The van der Waals surface area contributed by atoms with Crippen molar-refractivity contribution >= 4 is 45.1 Å². The van der Waals surface area contributed by atoms with Crippen molar-refractivity contribution in [2.45, 2.75) is 37.7 Å². The number of nitrogens with zero attached hydrogens (tertiary/aromatic N) is 3. The number of anilines is 1. The molecule has 1 unspecified atom stereocenters. The lowest BCUT2D eigenvalue weighted by molar-refractivity contribution is -0.115. The molecule has 7 nitrogen and oxygen atoms in total. The number of benzene rings is 1. The molecule has 0 aliphatic heterocycles. The largest absolute Gasteiger partial charge is 0.338 e. The standard InChI is InChI=1S/C23H22N4O3S2/c1-5-10-27-22(29)19-17(16-8-6-13(2)7-9-16)12-31-21(19)25-23(27)32-15(4)20(28)24-18-11-14(3)26-30-18/h5-9,11-12,15H,1,10H2,2-4H3,(H,24,28). The fourth-order valence-electron chi connectivity index (χ4n) is 3.19. The summed E-state index contributed by atoms with van der Waals surface area (Å²) < 4.78 is 6.62. The van der Waals surface area contributed by atoms with Gasteiger partial charge >= 0.3 is 0 Å². The summed E-state index contributed by atoms with van der Waals surface area (Å²) in [5, 5.41) is 8.95. The van der Waals surface area contributed by atoms with Crippen molar-refractivity contribution in [1.82, 2.24) is 14.7 Å². The maximum atomic E-state index is 13.5. The summed E-state index contributed by atoms with van der Waals surface area (Å²) in [5.74, 6) is 0.0185. The van der Waals surface area contributed by atoms with E-state index in [-0.39, 0.29) is 17.4 Å². The van der Waals surface area contributed by atoms with E-state index in [4.69, 9.17) is 9.51 Å². The van der Waals surface area contributed by atoms with Crippen molar-refractivity contribution in [3.8, 4) is 11.1 Å². The van der Waals surface area contributed by atoms with Crippen LogP contribution in [0.5, 0.6) is 0 Å². The Morgan fingerprint density at radius 2 is 2.09 bits per heavy atom. The zero-order valence-corrected chi connectivity index (χ0v) is 19.5. The molecule has 32 heavy (non-hydrogen) atoms. The van der Waals surface area contributed by atoms with Crippen LogP contribution in [-0.4, -0.2) is 25.9 Å². The highest BCUT2D eigenvalue weighted by Crippen LogP contribution is 2.33. The zero-order valence-electron chi connectivity index (χ0n) is 17.9. The van der Waals surface area contributed by atoms with Gasteiger partial charge in [0, 0.05) is 23.6 Å². The van der Waals surface area contributed by atoms with Gasteiger partial charge in [0.2, 0.25) is 11.8 Å². The molecular weight excluding hydrogens is 444 g/mol. The van der Waals surface area contributed by atoms with Gasteiger partial charge in [-0.1, -0.05) is 52.8 Å². The number of rotatable bonds is 7. The number of hydrogen-bond donors (Lipinski definition) is 1. The first-order valence-electron chi connectivity index (χ1n) is 9.98. The second-order valence-electron chi connectivity index (χ2n) is 7.38. The van der Waals surface area contributed by atoms with E-state index in [0.717, 1.165) is 16.7 Å². The molecule has 0 aliphatic rings. The van der Waals surface area contributed by atoms with E-state index in [1.54, 1.807) is 30.6 Å². The maximum absolute atomic E-state index is 13.5. The van der Waals surface area contributed by atoms with Gasteiger partial charge in [-0.15, -0.1) is 17.9 Å². The molecule has 0 saturated heterocycles. The first kappa shape index (κ1) is 22.0. The summed E-state index contributed by atoms with van der Waals surface area (Å²) >= 11 is 2.64. The van der Waals surface area contributed by atoms with E-state index in [9.17, 15) is 9.59 Å². The van der Waals surface area contributed by atoms with Crippen LogP contribution in [0.2, 0.25) is 0 Å². The highest BCUT2D eigenvalue weighted by Gasteiger charge is 2.22. The van der Waals surface area contributed by atoms with Crippen LogP contribution < -0.4 is 10.9 Å². The second kappa shape index (κ2) is 9.13. The van der Waals surface area contributed by atoms with Crippen molar-refractivity contribution < 1.29 is 9.32 Å². The lowest BCUT2D eigenvalue weighted by atomic mass is 10.1. The molecule has 0 spiro atoms. The fraction of sp³-hybridized carbons (Fsp3) is 0.217. The fourth-order valence-corrected chi connectivity index (χ4v) is 5.09. The molecule has 164 valence electrons. The molecule has 0 aliphatic carbocycles. The summed E-state index contributed by atoms with van der Waals surface area (Å²) in [6.07, 6.45) is 1.65. The van der Waals surface area contributed by atoms with Gasteiger partial charge in [-0.2, -0.15) is 0 Å². The van der Waals surface area contributed by atoms with Gasteiger partial charge in [-0.3, -0.25) is 19.5 Å². The predicted molar refractivity (Wildman–Crippen MR) is 129 cm³/mol. The minimum absolute atomic E-state index is 0.146. The third kappa shape index (κ3) is 4.39. The molecule has 1 amide bonds. The van der Waals surface area contributed by atoms with E-state index in [1.165, 1.54) is 23.1 Å². The molecule has 3 aromatic heterocycles. The Hall–Kier alpha value is -3.17. The van der Waals surface area contributed by atoms with Crippen molar-refractivity contribution in [2.24, 2.45) is 0 Å². The van der Waals surface area contributed by atoms with Crippen LogP contribution in [0.15, 0.2) is 62.8 Å². The predicted octanol–water partition coefficient (Wildman–Crippen LogP) is 5.04. The number of thiophene rings is 1. The highest BCUT2D eigenvalue weighted by molar-refractivity contribution is 8.00. The van der Waals surface area contributed by atoms with E-state index in [1.807, 2.05) is 36.6 Å². The van der Waals surface area contributed by atoms with E-state index in [0.29, 0.717) is 27.6 Å². The Balaban J connectivity index is 1.69. The third-order valence-corrected chi connectivity index (χ3v) is 6.82. The Morgan fingerprint density at radius 1 is 1.34 bits per heavy atom. The Morgan fingerprint density at radius 3 is 2.75 bits per heavy atom. The smallest absolute Gasteiger partial charge is 0.263 e. The summed E-state index contributed by atoms with van der Waals surface area (Å²) in [6, 6.07) is 9.71. The maximum Gasteiger partial charge on any atom is 0.263 e. The van der Waals surface area contributed by atoms with Gasteiger partial charge in [0.25, 0.3) is 5.56 Å². The Kier molecular flexibility index (Phi) is 6.29. The van der Waals surface area contributed by atoms with E-state index < -0.39 is 5.25 Å². The van der Waals surface area contributed by atoms with E-state index >= 15 is 0 Å². The number of carbonyl (C=O) groups is 1. The van der Waals surface area contributed by atoms with Crippen LogP contribution in [-0.2, 0) is 11.3 Å². The number of nitrogens with one attached hydrogen (secondary N) is 1. The monoisotopic (exact) mass is 466 g/mol. The second-order valence-corrected chi connectivity index (χ2v) is 9.54. The van der Waals surface area contributed by atoms with Crippen molar-refractivity contribution in [1.29, 1.82) is 0 Å². The first-order chi connectivity index (χ1) is 15.4. The van der Waals surface area contributed by atoms with Gasteiger partial charge in [-0.25, -0.2) is 4.98 Å². The number of allylic oxidation sites excluding steroid dienone is 1. The van der Waals surface area contributed by atoms with Gasteiger partial charge in [0.15, 0.2) is 5.16 Å². The van der Waals surface area contributed by atoms with Crippen LogP contribution in [0.3, 0.4) is 0 Å².